The zero-order valence-corrected chi connectivity index (χ0v) is 12.7. The summed E-state index contributed by atoms with van der Waals surface area (Å²) >= 11 is 0. The van der Waals surface area contributed by atoms with E-state index in [1.807, 2.05) is 0 Å². The minimum Gasteiger partial charge on any atom is -0.497 e. The first-order valence-electron chi connectivity index (χ1n) is 6.49. The molecule has 0 saturated carbocycles. The lowest BCUT2D eigenvalue weighted by atomic mass is 9.99. The Morgan fingerprint density at radius 2 is 1.90 bits per heavy atom. The van der Waals surface area contributed by atoms with Gasteiger partial charge in [-0.25, -0.2) is 8.42 Å². The van der Waals surface area contributed by atoms with E-state index < -0.39 is 27.0 Å². The molecule has 0 bridgehead atoms. The average Bonchev–Trinajstić information content (AvgIpc) is 2.43. The summed E-state index contributed by atoms with van der Waals surface area (Å²) in [5.41, 5.74) is 0. The van der Waals surface area contributed by atoms with E-state index in [9.17, 15) is 18.3 Å². The zero-order valence-electron chi connectivity index (χ0n) is 11.9. The van der Waals surface area contributed by atoms with Crippen molar-refractivity contribution in [3.8, 4) is 5.75 Å². The number of ether oxygens (including phenoxy) is 1. The van der Waals surface area contributed by atoms with Crippen LogP contribution in [0.2, 0.25) is 0 Å². The van der Waals surface area contributed by atoms with E-state index in [0.717, 1.165) is 0 Å². The van der Waals surface area contributed by atoms with Crippen LogP contribution in [-0.2, 0) is 14.6 Å². The number of carboxylic acids is 1. The third kappa shape index (κ3) is 3.30. The van der Waals surface area contributed by atoms with Crippen LogP contribution in [0, 0.1) is 5.92 Å². The van der Waals surface area contributed by atoms with Crippen molar-refractivity contribution >= 4 is 15.8 Å². The number of aliphatic carboxylic acids is 1. The molecule has 0 saturated heterocycles. The molecule has 0 amide bonds. The maximum Gasteiger partial charge on any atom is 0.322 e. The molecule has 1 N–H and O–H groups in total. The van der Waals surface area contributed by atoms with E-state index in [4.69, 9.17) is 4.74 Å². The van der Waals surface area contributed by atoms with Crippen molar-refractivity contribution in [1.82, 2.24) is 0 Å². The third-order valence-corrected chi connectivity index (χ3v) is 5.59. The Bertz CT molecular complexity index is 561. The summed E-state index contributed by atoms with van der Waals surface area (Å²) in [7, 11) is -2.50. The van der Waals surface area contributed by atoms with Crippen molar-refractivity contribution in [2.75, 3.05) is 7.11 Å². The Morgan fingerprint density at radius 1 is 1.30 bits per heavy atom. The minimum atomic E-state index is -3.94. The molecular formula is C14H20O5S. The fourth-order valence-electron chi connectivity index (χ4n) is 2.23. The van der Waals surface area contributed by atoms with Crippen molar-refractivity contribution in [1.29, 1.82) is 0 Å². The summed E-state index contributed by atoms with van der Waals surface area (Å²) in [5, 5.41) is 7.89. The fraction of sp³-hybridized carbons (Fsp3) is 0.500. The van der Waals surface area contributed by atoms with Crippen molar-refractivity contribution in [2.45, 2.75) is 36.8 Å². The highest BCUT2D eigenvalue weighted by atomic mass is 32.2. The Hall–Kier alpha value is -1.56. The Kier molecular flexibility index (Phi) is 5.56. The fourth-order valence-corrected chi connectivity index (χ4v) is 4.23. The summed E-state index contributed by atoms with van der Waals surface area (Å²) in [6.07, 6.45) is 0.993. The standard InChI is InChI=1S/C14H20O5S/c1-4-10(5-2)13(14(15)16)20(17,18)12-8-6-7-11(9-12)19-3/h6-10,13H,4-5H2,1-3H3,(H,15,16). The molecule has 1 aromatic rings. The van der Waals surface area contributed by atoms with Gasteiger partial charge in [0, 0.05) is 0 Å². The minimum absolute atomic E-state index is 0.0175. The quantitative estimate of drug-likeness (QED) is 0.836. The topological polar surface area (TPSA) is 80.7 Å². The number of carbonyl (C=O) groups is 1. The largest absolute Gasteiger partial charge is 0.497 e. The van der Waals surface area contributed by atoms with Gasteiger partial charge in [-0.15, -0.1) is 0 Å². The Labute approximate surface area is 119 Å². The normalized spacial score (nSPS) is 13.2. The van der Waals surface area contributed by atoms with Crippen LogP contribution in [0.3, 0.4) is 0 Å². The van der Waals surface area contributed by atoms with Crippen LogP contribution in [0.15, 0.2) is 29.2 Å². The van der Waals surface area contributed by atoms with Crippen LogP contribution in [-0.4, -0.2) is 31.9 Å². The second kappa shape index (κ2) is 6.74. The lowest BCUT2D eigenvalue weighted by Gasteiger charge is -2.21. The molecule has 0 aliphatic heterocycles. The third-order valence-electron chi connectivity index (χ3n) is 3.42. The number of carboxylic acid groups (broad SMARTS) is 1. The van der Waals surface area contributed by atoms with Crippen molar-refractivity contribution in [2.24, 2.45) is 5.92 Å². The SMILES string of the molecule is CCC(CC)C(C(=O)O)S(=O)(=O)c1cccc(OC)c1. The van der Waals surface area contributed by atoms with Crippen LogP contribution in [0.1, 0.15) is 26.7 Å². The van der Waals surface area contributed by atoms with E-state index in [-0.39, 0.29) is 4.90 Å². The number of rotatable bonds is 7. The molecule has 0 radical (unpaired) electrons. The molecule has 0 aromatic heterocycles. The van der Waals surface area contributed by atoms with E-state index >= 15 is 0 Å². The smallest absolute Gasteiger partial charge is 0.322 e. The van der Waals surface area contributed by atoms with Crippen molar-refractivity contribution in [3.63, 3.8) is 0 Å². The molecular weight excluding hydrogens is 280 g/mol. The van der Waals surface area contributed by atoms with Gasteiger partial charge in [0.15, 0.2) is 15.1 Å². The van der Waals surface area contributed by atoms with Gasteiger partial charge in [0.1, 0.15) is 5.75 Å². The van der Waals surface area contributed by atoms with Gasteiger partial charge in [-0.1, -0.05) is 32.8 Å². The molecule has 0 fully saturated rings. The highest BCUT2D eigenvalue weighted by Gasteiger charge is 2.39. The van der Waals surface area contributed by atoms with Crippen LogP contribution in [0.5, 0.6) is 5.75 Å². The number of methoxy groups -OCH3 is 1. The summed E-state index contributed by atoms with van der Waals surface area (Å²) < 4.78 is 30.1. The van der Waals surface area contributed by atoms with Gasteiger partial charge in [-0.2, -0.15) is 0 Å². The second-order valence-corrected chi connectivity index (χ2v) is 6.63. The van der Waals surface area contributed by atoms with Crippen molar-refractivity contribution in [3.05, 3.63) is 24.3 Å². The molecule has 20 heavy (non-hydrogen) atoms. The van der Waals surface area contributed by atoms with E-state index in [1.54, 1.807) is 19.9 Å². The van der Waals surface area contributed by atoms with Gasteiger partial charge in [0.25, 0.3) is 0 Å². The van der Waals surface area contributed by atoms with E-state index in [2.05, 4.69) is 0 Å². The van der Waals surface area contributed by atoms with Crippen LogP contribution in [0.4, 0.5) is 0 Å². The molecule has 0 spiro atoms. The van der Waals surface area contributed by atoms with E-state index in [0.29, 0.717) is 18.6 Å². The number of sulfone groups is 1. The summed E-state index contributed by atoms with van der Waals surface area (Å²) in [6.45, 7) is 3.59. The molecule has 0 aliphatic carbocycles. The Morgan fingerprint density at radius 3 is 2.35 bits per heavy atom. The average molecular weight is 300 g/mol. The second-order valence-electron chi connectivity index (χ2n) is 4.56. The molecule has 112 valence electrons. The maximum atomic E-state index is 12.6. The summed E-state index contributed by atoms with van der Waals surface area (Å²) in [4.78, 5) is 11.4. The first-order valence-corrected chi connectivity index (χ1v) is 8.03. The first-order chi connectivity index (χ1) is 9.38. The number of benzene rings is 1. The highest BCUT2D eigenvalue weighted by Crippen LogP contribution is 2.28. The number of hydrogen-bond acceptors (Lipinski definition) is 4. The van der Waals surface area contributed by atoms with Crippen LogP contribution in [0.25, 0.3) is 0 Å². The molecule has 6 heteroatoms. The van der Waals surface area contributed by atoms with Gasteiger partial charge in [0.05, 0.1) is 12.0 Å². The first kappa shape index (κ1) is 16.5. The van der Waals surface area contributed by atoms with Gasteiger partial charge in [-0.05, 0) is 24.1 Å². The Balaban J connectivity index is 3.32. The molecule has 1 unspecified atom stereocenters. The van der Waals surface area contributed by atoms with Crippen LogP contribution >= 0.6 is 0 Å². The monoisotopic (exact) mass is 300 g/mol. The summed E-state index contributed by atoms with van der Waals surface area (Å²) in [6, 6.07) is 5.91. The molecule has 5 nitrogen and oxygen atoms in total. The van der Waals surface area contributed by atoms with Gasteiger partial charge >= 0.3 is 5.97 Å². The predicted octanol–water partition coefficient (Wildman–Crippen LogP) is 2.36. The van der Waals surface area contributed by atoms with Gasteiger partial charge in [-0.3, -0.25) is 4.79 Å². The molecule has 1 rings (SSSR count). The van der Waals surface area contributed by atoms with Gasteiger partial charge in [0.2, 0.25) is 0 Å². The van der Waals surface area contributed by atoms with Crippen molar-refractivity contribution < 1.29 is 23.1 Å². The molecule has 1 aromatic carbocycles. The number of hydrogen-bond donors (Lipinski definition) is 1. The highest BCUT2D eigenvalue weighted by molar-refractivity contribution is 7.92. The molecule has 0 heterocycles. The van der Waals surface area contributed by atoms with Gasteiger partial charge < -0.3 is 9.84 Å². The lowest BCUT2D eigenvalue weighted by molar-refractivity contribution is -0.137. The van der Waals surface area contributed by atoms with E-state index in [1.165, 1.54) is 25.3 Å². The molecule has 0 aliphatic rings. The lowest BCUT2D eigenvalue weighted by Crippen LogP contribution is -2.37. The van der Waals surface area contributed by atoms with Crippen LogP contribution < -0.4 is 4.74 Å². The molecule has 1 atom stereocenters. The predicted molar refractivity (Wildman–Crippen MR) is 75.7 cm³/mol. The summed E-state index contributed by atoms with van der Waals surface area (Å²) in [5.74, 6) is -1.33. The maximum absolute atomic E-state index is 12.6. The zero-order chi connectivity index (χ0) is 15.3.